The minimum Gasteiger partial charge on any atom is -0.480 e. The molecular formula is C13H15IN4O4. The maximum Gasteiger partial charge on any atom is 0.325 e. The van der Waals surface area contributed by atoms with Gasteiger partial charge in [0.1, 0.15) is 17.8 Å². The third-order valence-electron chi connectivity index (χ3n) is 3.18. The summed E-state index contributed by atoms with van der Waals surface area (Å²) >= 11 is 1.62. The van der Waals surface area contributed by atoms with Gasteiger partial charge in [-0.15, -0.1) is 5.10 Å². The van der Waals surface area contributed by atoms with Crippen LogP contribution < -0.4 is 5.56 Å². The highest BCUT2D eigenvalue weighted by atomic mass is 127. The Bertz CT molecular complexity index is 806. The second kappa shape index (κ2) is 6.46. The van der Waals surface area contributed by atoms with Crippen LogP contribution in [0.4, 0.5) is 0 Å². The van der Waals surface area contributed by atoms with Crippen molar-refractivity contribution in [3.63, 3.8) is 0 Å². The van der Waals surface area contributed by atoms with Crippen molar-refractivity contribution >= 4 is 40.2 Å². The molecule has 0 aliphatic carbocycles. The normalized spacial score (nSPS) is 12.1. The van der Waals surface area contributed by atoms with E-state index in [0.717, 1.165) is 10.2 Å². The lowest BCUT2D eigenvalue weighted by molar-refractivity contribution is -0.138. The minimum absolute atomic E-state index is 0.221. The van der Waals surface area contributed by atoms with Crippen molar-refractivity contribution in [3.8, 4) is 0 Å². The summed E-state index contributed by atoms with van der Waals surface area (Å²) in [5.41, 5.74) is 1.29. The first-order valence-corrected chi connectivity index (χ1v) is 7.40. The molecule has 2 heterocycles. The fourth-order valence-corrected chi connectivity index (χ4v) is 2.35. The Labute approximate surface area is 140 Å². The van der Waals surface area contributed by atoms with E-state index in [0.29, 0.717) is 17.1 Å². The summed E-state index contributed by atoms with van der Waals surface area (Å²) in [5.74, 6) is -0.558. The smallest absolute Gasteiger partial charge is 0.325 e. The van der Waals surface area contributed by atoms with Crippen LogP contribution in [0.5, 0.6) is 0 Å². The summed E-state index contributed by atoms with van der Waals surface area (Å²) in [6.45, 7) is 5.17. The van der Waals surface area contributed by atoms with E-state index in [1.54, 1.807) is 46.6 Å². The summed E-state index contributed by atoms with van der Waals surface area (Å²) in [6, 6.07) is 1.74. The molecule has 22 heavy (non-hydrogen) atoms. The van der Waals surface area contributed by atoms with Crippen LogP contribution in [0, 0.1) is 0 Å². The molecule has 0 aliphatic heterocycles. The number of oxime groups is 1. The summed E-state index contributed by atoms with van der Waals surface area (Å²) in [5, 5.41) is 16.8. The zero-order valence-corrected chi connectivity index (χ0v) is 14.4. The molecule has 0 amide bonds. The Kier molecular flexibility index (Phi) is 4.84. The van der Waals surface area contributed by atoms with E-state index in [1.165, 1.54) is 0 Å². The number of aromatic nitrogens is 3. The molecule has 0 atom stereocenters. The lowest BCUT2D eigenvalue weighted by atomic mass is 10.1. The van der Waals surface area contributed by atoms with Gasteiger partial charge in [0.2, 0.25) is 23.0 Å². The number of fused-ring (bicyclic) bond motifs is 1. The van der Waals surface area contributed by atoms with Crippen molar-refractivity contribution < 1.29 is 13.1 Å². The molecule has 0 aliphatic rings. The zero-order valence-electron chi connectivity index (χ0n) is 12.3. The second-order valence-electron chi connectivity index (χ2n) is 5.11. The fourth-order valence-electron chi connectivity index (χ4n) is 2.05. The van der Waals surface area contributed by atoms with Crippen LogP contribution >= 0.6 is 23.0 Å². The summed E-state index contributed by atoms with van der Waals surface area (Å²) in [4.78, 5) is 23.3. The van der Waals surface area contributed by atoms with Crippen LogP contribution in [0.25, 0.3) is 5.52 Å². The average molecular weight is 418 g/mol. The largest absolute Gasteiger partial charge is 0.480 e. The fraction of sp³-hybridized carbons (Fsp3) is 0.385. The first kappa shape index (κ1) is 16.5. The maximum atomic E-state index is 12.4. The van der Waals surface area contributed by atoms with E-state index in [9.17, 15) is 9.59 Å². The predicted molar refractivity (Wildman–Crippen MR) is 88.5 cm³/mol. The Hall–Kier alpha value is -1.91. The SMILES string of the molecule is C/C(=N/OI)c1nn(CC(=O)O)c(=O)c2cc(C(C)C)cn12. The first-order chi connectivity index (χ1) is 10.3. The van der Waals surface area contributed by atoms with E-state index in [-0.39, 0.29) is 5.92 Å². The number of carbonyl (C=O) groups is 1. The number of hydrogen-bond acceptors (Lipinski definition) is 5. The molecule has 9 heteroatoms. The molecule has 0 saturated heterocycles. The van der Waals surface area contributed by atoms with Crippen molar-refractivity contribution in [2.24, 2.45) is 5.16 Å². The molecule has 1 N–H and O–H groups in total. The van der Waals surface area contributed by atoms with Crippen molar-refractivity contribution in [2.45, 2.75) is 33.2 Å². The van der Waals surface area contributed by atoms with Crippen molar-refractivity contribution in [1.82, 2.24) is 14.2 Å². The first-order valence-electron chi connectivity index (χ1n) is 6.52. The van der Waals surface area contributed by atoms with E-state index in [1.807, 2.05) is 13.8 Å². The van der Waals surface area contributed by atoms with Gasteiger partial charge >= 0.3 is 5.97 Å². The molecule has 2 aromatic rings. The van der Waals surface area contributed by atoms with Gasteiger partial charge in [0, 0.05) is 6.20 Å². The third kappa shape index (κ3) is 3.13. The van der Waals surface area contributed by atoms with Crippen molar-refractivity contribution in [2.75, 3.05) is 0 Å². The predicted octanol–water partition coefficient (Wildman–Crippen LogP) is 1.79. The molecule has 118 valence electrons. The van der Waals surface area contributed by atoms with Crippen LogP contribution in [-0.4, -0.2) is 31.0 Å². The number of carboxylic acid groups (broad SMARTS) is 1. The molecule has 2 aromatic heterocycles. The topological polar surface area (TPSA) is 98.2 Å². The number of hydrogen-bond donors (Lipinski definition) is 1. The lowest BCUT2D eigenvalue weighted by Gasteiger charge is -2.08. The molecule has 0 aromatic carbocycles. The third-order valence-corrected chi connectivity index (χ3v) is 3.38. The van der Waals surface area contributed by atoms with Crippen molar-refractivity contribution in [1.29, 1.82) is 0 Å². The molecule has 0 radical (unpaired) electrons. The van der Waals surface area contributed by atoms with Crippen LogP contribution in [0.15, 0.2) is 22.2 Å². The quantitative estimate of drug-likeness (QED) is 0.454. The number of nitrogens with zero attached hydrogens (tertiary/aromatic N) is 4. The van der Waals surface area contributed by atoms with Gasteiger partial charge in [-0.2, -0.15) is 0 Å². The Morgan fingerprint density at radius 3 is 2.77 bits per heavy atom. The summed E-state index contributed by atoms with van der Waals surface area (Å²) < 4.78 is 7.25. The van der Waals surface area contributed by atoms with Crippen molar-refractivity contribution in [3.05, 3.63) is 34.0 Å². The number of halogens is 1. The molecule has 0 bridgehead atoms. The van der Waals surface area contributed by atoms with E-state index >= 15 is 0 Å². The Balaban J connectivity index is 2.80. The van der Waals surface area contributed by atoms with Gasteiger partial charge in [0.15, 0.2) is 5.82 Å². The van der Waals surface area contributed by atoms with Crippen LogP contribution in [0.2, 0.25) is 0 Å². The van der Waals surface area contributed by atoms with Gasteiger partial charge in [-0.1, -0.05) is 19.0 Å². The van der Waals surface area contributed by atoms with Gasteiger partial charge in [0.25, 0.3) is 5.56 Å². The van der Waals surface area contributed by atoms with Gasteiger partial charge in [-0.05, 0) is 24.5 Å². The van der Waals surface area contributed by atoms with Gasteiger partial charge in [-0.25, -0.2) is 4.68 Å². The second-order valence-corrected chi connectivity index (χ2v) is 5.50. The van der Waals surface area contributed by atoms with E-state index in [4.69, 9.17) is 8.27 Å². The number of carboxylic acids is 1. The zero-order chi connectivity index (χ0) is 16.4. The Morgan fingerprint density at radius 1 is 1.55 bits per heavy atom. The maximum absolute atomic E-state index is 12.4. The molecule has 8 nitrogen and oxygen atoms in total. The van der Waals surface area contributed by atoms with Crippen LogP contribution in [-0.2, 0) is 14.5 Å². The number of rotatable bonds is 5. The highest BCUT2D eigenvalue weighted by Crippen LogP contribution is 2.18. The lowest BCUT2D eigenvalue weighted by Crippen LogP contribution is -2.30. The van der Waals surface area contributed by atoms with Gasteiger partial charge < -0.3 is 8.27 Å². The monoisotopic (exact) mass is 418 g/mol. The molecular weight excluding hydrogens is 403 g/mol. The standard InChI is InChI=1S/C13H15IN4O4/c1-7(2)9-4-10-13(21)18(6-11(19)20)15-12(17(10)5-9)8(3)16-22-14/h4-5,7H,6H2,1-3H3,(H,19,20)/b16-8-. The highest BCUT2D eigenvalue weighted by Gasteiger charge is 2.17. The minimum atomic E-state index is -1.14. The highest BCUT2D eigenvalue weighted by molar-refractivity contribution is 14.1. The Morgan fingerprint density at radius 2 is 2.23 bits per heavy atom. The van der Waals surface area contributed by atoms with E-state index < -0.39 is 18.1 Å². The van der Waals surface area contributed by atoms with Gasteiger partial charge in [-0.3, -0.25) is 14.0 Å². The molecule has 2 rings (SSSR count). The van der Waals surface area contributed by atoms with E-state index in [2.05, 4.69) is 10.3 Å². The molecule has 0 saturated carbocycles. The molecule has 0 spiro atoms. The average Bonchev–Trinajstić information content (AvgIpc) is 2.87. The molecule has 0 unspecified atom stereocenters. The van der Waals surface area contributed by atoms with Crippen LogP contribution in [0.3, 0.4) is 0 Å². The molecule has 0 fully saturated rings. The van der Waals surface area contributed by atoms with Gasteiger partial charge in [0.05, 0.1) is 0 Å². The number of aliphatic carboxylic acids is 1. The summed E-state index contributed by atoms with van der Waals surface area (Å²) in [6.07, 6.45) is 1.81. The summed E-state index contributed by atoms with van der Waals surface area (Å²) in [7, 11) is 0. The van der Waals surface area contributed by atoms with Crippen LogP contribution in [0.1, 0.15) is 38.1 Å².